The molecule has 1 aromatic heterocycles. The first-order valence-corrected chi connectivity index (χ1v) is 7.39. The average molecular weight is 334 g/mol. The summed E-state index contributed by atoms with van der Waals surface area (Å²) in [5, 5.41) is 4.08. The molecule has 1 amide bonds. The number of carbonyl (C=O) groups is 1. The highest BCUT2D eigenvalue weighted by atomic mass is 32.1. The molecule has 0 aliphatic rings. The second-order valence-electron chi connectivity index (χ2n) is 4.60. The first-order valence-electron chi connectivity index (χ1n) is 6.51. The van der Waals surface area contributed by atoms with Gasteiger partial charge in [-0.1, -0.05) is 12.1 Å². The molecule has 1 N–H and O–H groups in total. The zero-order valence-electron chi connectivity index (χ0n) is 11.5. The molecule has 116 valence electrons. The van der Waals surface area contributed by atoms with Crippen molar-refractivity contribution in [3.63, 3.8) is 0 Å². The van der Waals surface area contributed by atoms with Gasteiger partial charge in [-0.15, -0.1) is 11.3 Å². The summed E-state index contributed by atoms with van der Waals surface area (Å²) in [4.78, 5) is 16.0. The van der Waals surface area contributed by atoms with Crippen LogP contribution in [-0.4, -0.2) is 10.9 Å². The van der Waals surface area contributed by atoms with Crippen LogP contribution in [0.3, 0.4) is 0 Å². The van der Waals surface area contributed by atoms with E-state index in [-0.39, 0.29) is 22.0 Å². The van der Waals surface area contributed by atoms with E-state index in [0.717, 1.165) is 29.5 Å². The molecule has 0 spiro atoms. The second-order valence-corrected chi connectivity index (χ2v) is 5.45. The van der Waals surface area contributed by atoms with Gasteiger partial charge in [0.25, 0.3) is 5.91 Å². The van der Waals surface area contributed by atoms with E-state index in [0.29, 0.717) is 0 Å². The van der Waals surface area contributed by atoms with Gasteiger partial charge in [0.1, 0.15) is 17.5 Å². The molecule has 3 aromatic rings. The maximum atomic E-state index is 13.7. The van der Waals surface area contributed by atoms with Gasteiger partial charge >= 0.3 is 0 Å². The number of thiazole rings is 1. The van der Waals surface area contributed by atoms with E-state index < -0.39 is 23.4 Å². The Balaban J connectivity index is 1.84. The number of halogens is 3. The number of hydrogen-bond donors (Lipinski definition) is 1. The SMILES string of the molecule is O=C(Nc1nc(-c2cc(F)ccc2F)cs1)c1ccccc1F. The number of benzene rings is 2. The van der Waals surface area contributed by atoms with E-state index in [1.54, 1.807) is 0 Å². The average Bonchev–Trinajstić information content (AvgIpc) is 2.98. The molecule has 23 heavy (non-hydrogen) atoms. The highest BCUT2D eigenvalue weighted by Crippen LogP contribution is 2.28. The van der Waals surface area contributed by atoms with Gasteiger partial charge in [0.15, 0.2) is 5.13 Å². The highest BCUT2D eigenvalue weighted by Gasteiger charge is 2.15. The van der Waals surface area contributed by atoms with Gasteiger partial charge in [0.05, 0.1) is 11.3 Å². The van der Waals surface area contributed by atoms with Crippen molar-refractivity contribution >= 4 is 22.4 Å². The van der Waals surface area contributed by atoms with Gasteiger partial charge < -0.3 is 0 Å². The Morgan fingerprint density at radius 2 is 1.83 bits per heavy atom. The van der Waals surface area contributed by atoms with Crippen molar-refractivity contribution in [2.24, 2.45) is 0 Å². The molecule has 0 radical (unpaired) electrons. The maximum Gasteiger partial charge on any atom is 0.260 e. The number of rotatable bonds is 3. The summed E-state index contributed by atoms with van der Waals surface area (Å²) in [6.07, 6.45) is 0. The first kappa shape index (κ1) is 15.2. The molecule has 2 aromatic carbocycles. The third-order valence-corrected chi connectivity index (χ3v) is 3.81. The van der Waals surface area contributed by atoms with Crippen LogP contribution in [0.2, 0.25) is 0 Å². The Hall–Kier alpha value is -2.67. The third-order valence-electron chi connectivity index (χ3n) is 3.05. The number of amides is 1. The lowest BCUT2D eigenvalue weighted by molar-refractivity contribution is 0.102. The lowest BCUT2D eigenvalue weighted by Gasteiger charge is -2.02. The van der Waals surface area contributed by atoms with E-state index in [1.165, 1.54) is 29.6 Å². The largest absolute Gasteiger partial charge is 0.298 e. The van der Waals surface area contributed by atoms with Crippen molar-refractivity contribution in [1.29, 1.82) is 0 Å². The normalized spacial score (nSPS) is 10.6. The minimum absolute atomic E-state index is 0.00681. The molecule has 0 aliphatic carbocycles. The Kier molecular flexibility index (Phi) is 4.12. The molecule has 0 aliphatic heterocycles. The van der Waals surface area contributed by atoms with Gasteiger partial charge in [0, 0.05) is 10.9 Å². The molecule has 7 heteroatoms. The van der Waals surface area contributed by atoms with Crippen LogP contribution in [0, 0.1) is 17.5 Å². The molecule has 0 fully saturated rings. The molecule has 0 saturated heterocycles. The van der Waals surface area contributed by atoms with Crippen molar-refractivity contribution in [1.82, 2.24) is 4.98 Å². The molecular formula is C16H9F3N2OS. The van der Waals surface area contributed by atoms with E-state index in [1.807, 2.05) is 0 Å². The molecule has 3 nitrogen and oxygen atoms in total. The van der Waals surface area contributed by atoms with Crippen molar-refractivity contribution in [2.45, 2.75) is 0 Å². The Labute approximate surface area is 133 Å². The minimum atomic E-state index is -0.663. The summed E-state index contributed by atoms with van der Waals surface area (Å²) in [7, 11) is 0. The van der Waals surface area contributed by atoms with Gasteiger partial charge in [-0.25, -0.2) is 18.2 Å². The topological polar surface area (TPSA) is 42.0 Å². The summed E-state index contributed by atoms with van der Waals surface area (Å²) in [5.74, 6) is -2.53. The highest BCUT2D eigenvalue weighted by molar-refractivity contribution is 7.14. The summed E-state index contributed by atoms with van der Waals surface area (Å²) < 4.78 is 40.5. The minimum Gasteiger partial charge on any atom is -0.298 e. The van der Waals surface area contributed by atoms with Crippen LogP contribution in [0.5, 0.6) is 0 Å². The van der Waals surface area contributed by atoms with Crippen molar-refractivity contribution in [2.75, 3.05) is 5.32 Å². The summed E-state index contributed by atoms with van der Waals surface area (Å²) in [5.41, 5.74) is 0.0599. The summed E-state index contributed by atoms with van der Waals surface area (Å²) in [6.45, 7) is 0. The van der Waals surface area contributed by atoms with Crippen LogP contribution in [0.4, 0.5) is 18.3 Å². The van der Waals surface area contributed by atoms with Gasteiger partial charge in [-0.3, -0.25) is 10.1 Å². The van der Waals surface area contributed by atoms with Crippen LogP contribution in [0.15, 0.2) is 47.8 Å². The number of hydrogen-bond acceptors (Lipinski definition) is 3. The molecule has 3 rings (SSSR count). The standard InChI is InChI=1S/C16H9F3N2OS/c17-9-5-6-13(19)11(7-9)14-8-23-16(20-14)21-15(22)10-3-1-2-4-12(10)18/h1-8H,(H,20,21,22). The Morgan fingerprint density at radius 3 is 2.61 bits per heavy atom. The van der Waals surface area contributed by atoms with E-state index in [9.17, 15) is 18.0 Å². The monoisotopic (exact) mass is 334 g/mol. The van der Waals surface area contributed by atoms with Crippen LogP contribution < -0.4 is 5.32 Å². The molecule has 0 saturated carbocycles. The fourth-order valence-corrected chi connectivity index (χ4v) is 2.66. The number of nitrogens with one attached hydrogen (secondary N) is 1. The van der Waals surface area contributed by atoms with Crippen LogP contribution >= 0.6 is 11.3 Å². The van der Waals surface area contributed by atoms with E-state index in [2.05, 4.69) is 10.3 Å². The quantitative estimate of drug-likeness (QED) is 0.767. The summed E-state index contributed by atoms with van der Waals surface area (Å²) >= 11 is 1.03. The molecule has 0 unspecified atom stereocenters. The molecule has 0 atom stereocenters. The predicted molar refractivity (Wildman–Crippen MR) is 81.8 cm³/mol. The maximum absolute atomic E-state index is 13.7. The number of anilines is 1. The van der Waals surface area contributed by atoms with Crippen molar-refractivity contribution in [3.8, 4) is 11.3 Å². The molecule has 1 heterocycles. The summed E-state index contributed by atoms with van der Waals surface area (Å²) in [6, 6.07) is 8.55. The zero-order chi connectivity index (χ0) is 16.4. The lowest BCUT2D eigenvalue weighted by Crippen LogP contribution is -2.13. The van der Waals surface area contributed by atoms with Crippen LogP contribution in [0.25, 0.3) is 11.3 Å². The second kappa shape index (κ2) is 6.21. The van der Waals surface area contributed by atoms with E-state index >= 15 is 0 Å². The van der Waals surface area contributed by atoms with Crippen molar-refractivity contribution in [3.05, 3.63) is 70.9 Å². The molecular weight excluding hydrogens is 325 g/mol. The van der Waals surface area contributed by atoms with Crippen LogP contribution in [-0.2, 0) is 0 Å². The van der Waals surface area contributed by atoms with E-state index in [4.69, 9.17) is 0 Å². The van der Waals surface area contributed by atoms with Crippen LogP contribution in [0.1, 0.15) is 10.4 Å². The zero-order valence-corrected chi connectivity index (χ0v) is 12.3. The van der Waals surface area contributed by atoms with Gasteiger partial charge in [-0.05, 0) is 30.3 Å². The first-order chi connectivity index (χ1) is 11.0. The fourth-order valence-electron chi connectivity index (χ4n) is 1.96. The molecule has 0 bridgehead atoms. The number of nitrogens with zero attached hydrogens (tertiary/aromatic N) is 1. The smallest absolute Gasteiger partial charge is 0.260 e. The predicted octanol–water partition coefficient (Wildman–Crippen LogP) is 4.48. The van der Waals surface area contributed by atoms with Gasteiger partial charge in [-0.2, -0.15) is 0 Å². The van der Waals surface area contributed by atoms with Gasteiger partial charge in [0.2, 0.25) is 0 Å². The number of carbonyl (C=O) groups excluding carboxylic acids is 1. The number of aromatic nitrogens is 1. The Bertz CT molecular complexity index is 879. The fraction of sp³-hybridized carbons (Fsp3) is 0. The van der Waals surface area contributed by atoms with Crippen molar-refractivity contribution < 1.29 is 18.0 Å². The Morgan fingerprint density at radius 1 is 1.04 bits per heavy atom. The third kappa shape index (κ3) is 3.24. The lowest BCUT2D eigenvalue weighted by atomic mass is 10.1.